The topological polar surface area (TPSA) is 83.6 Å². The first-order valence-electron chi connectivity index (χ1n) is 6.02. The van der Waals surface area contributed by atoms with E-state index in [1.807, 2.05) is 4.90 Å². The lowest BCUT2D eigenvalue weighted by molar-refractivity contribution is -0.112. The highest BCUT2D eigenvalue weighted by Gasteiger charge is 2.31. The highest BCUT2D eigenvalue weighted by Crippen LogP contribution is 2.35. The molecule has 1 N–H and O–H groups in total. The highest BCUT2D eigenvalue weighted by molar-refractivity contribution is 9.10. The van der Waals surface area contributed by atoms with Crippen LogP contribution in [0.15, 0.2) is 16.6 Å². The molecule has 106 valence electrons. The van der Waals surface area contributed by atoms with E-state index in [1.54, 1.807) is 12.1 Å². The molecule has 1 aromatic rings. The van der Waals surface area contributed by atoms with E-state index in [4.69, 9.17) is 0 Å². The maximum atomic E-state index is 11.6. The number of sulfone groups is 1. The Morgan fingerprint density at radius 1 is 1.15 bits per heavy atom. The van der Waals surface area contributed by atoms with Gasteiger partial charge in [-0.05, 0) is 28.1 Å². The number of rotatable bonds is 1. The van der Waals surface area contributed by atoms with Gasteiger partial charge in [-0.1, -0.05) is 0 Å². The molecule has 0 saturated carbocycles. The fraction of sp³-hybridized carbons (Fsp3) is 0.333. The summed E-state index contributed by atoms with van der Waals surface area (Å²) >= 11 is 3.38. The molecule has 8 heteroatoms. The maximum absolute atomic E-state index is 11.6. The molecule has 0 aromatic heterocycles. The number of Topliss-reactive ketones (excluding diaryl/α,β-unsaturated/α-hetero) is 1. The van der Waals surface area contributed by atoms with Crippen LogP contribution in [0.3, 0.4) is 0 Å². The molecule has 2 aliphatic heterocycles. The van der Waals surface area contributed by atoms with Gasteiger partial charge in [-0.2, -0.15) is 0 Å². The zero-order chi connectivity index (χ0) is 14.5. The molecule has 3 rings (SSSR count). The Morgan fingerprint density at radius 2 is 1.80 bits per heavy atom. The summed E-state index contributed by atoms with van der Waals surface area (Å²) in [7, 11) is -2.95. The van der Waals surface area contributed by atoms with Crippen molar-refractivity contribution in [2.24, 2.45) is 0 Å². The van der Waals surface area contributed by atoms with Crippen LogP contribution in [0.1, 0.15) is 10.4 Å². The third kappa shape index (κ3) is 2.22. The molecule has 2 heterocycles. The molecule has 1 fully saturated rings. The minimum absolute atomic E-state index is 0.113. The normalized spacial score (nSPS) is 20.8. The van der Waals surface area contributed by atoms with Gasteiger partial charge >= 0.3 is 0 Å². The van der Waals surface area contributed by atoms with Crippen molar-refractivity contribution < 1.29 is 18.0 Å². The number of hydrogen-bond donors (Lipinski definition) is 1. The summed E-state index contributed by atoms with van der Waals surface area (Å²) in [5.74, 6) is -0.956. The summed E-state index contributed by atoms with van der Waals surface area (Å²) in [6.45, 7) is 0.809. The second-order valence-electron chi connectivity index (χ2n) is 4.77. The van der Waals surface area contributed by atoms with E-state index in [-0.39, 0.29) is 11.5 Å². The molecular formula is C12H11BrN2O4S. The molecule has 1 amide bonds. The lowest BCUT2D eigenvalue weighted by atomic mass is 10.1. The fourth-order valence-corrected chi connectivity index (χ4v) is 4.15. The summed E-state index contributed by atoms with van der Waals surface area (Å²) in [5.41, 5.74) is 1.61. The molecule has 2 aliphatic rings. The first kappa shape index (κ1) is 13.6. The standard InChI is InChI=1S/C12H11BrN2O4S/c13-8-5-7-9(14-12(17)11(7)16)6-10(8)15-1-3-20(18,19)4-2-15/h5-6H,1-4H2,(H,14,16,17). The molecule has 0 bridgehead atoms. The minimum atomic E-state index is -2.95. The zero-order valence-electron chi connectivity index (χ0n) is 10.3. The van der Waals surface area contributed by atoms with Gasteiger partial charge in [-0.3, -0.25) is 9.59 Å². The smallest absolute Gasteiger partial charge is 0.296 e. The van der Waals surface area contributed by atoms with Crippen molar-refractivity contribution in [1.29, 1.82) is 0 Å². The van der Waals surface area contributed by atoms with Crippen molar-refractivity contribution in [2.75, 3.05) is 34.8 Å². The van der Waals surface area contributed by atoms with E-state index in [0.717, 1.165) is 5.69 Å². The van der Waals surface area contributed by atoms with Gasteiger partial charge in [0.15, 0.2) is 9.84 Å². The van der Waals surface area contributed by atoms with Gasteiger partial charge in [0, 0.05) is 17.6 Å². The van der Waals surface area contributed by atoms with E-state index in [9.17, 15) is 18.0 Å². The summed E-state index contributed by atoms with van der Waals surface area (Å²) in [6.07, 6.45) is 0. The predicted molar refractivity (Wildman–Crippen MR) is 78.0 cm³/mol. The second-order valence-corrected chi connectivity index (χ2v) is 7.93. The lowest BCUT2D eigenvalue weighted by Crippen LogP contribution is -2.40. The van der Waals surface area contributed by atoms with Crippen LogP contribution in [0.4, 0.5) is 11.4 Å². The number of carbonyl (C=O) groups is 2. The molecule has 1 aromatic carbocycles. The Balaban J connectivity index is 1.95. The average Bonchev–Trinajstić information content (AvgIpc) is 2.65. The zero-order valence-corrected chi connectivity index (χ0v) is 12.8. The van der Waals surface area contributed by atoms with Crippen LogP contribution in [-0.2, 0) is 14.6 Å². The summed E-state index contributed by atoms with van der Waals surface area (Å²) < 4.78 is 23.6. The molecular weight excluding hydrogens is 348 g/mol. The van der Waals surface area contributed by atoms with Crippen molar-refractivity contribution in [3.8, 4) is 0 Å². The van der Waals surface area contributed by atoms with Gasteiger partial charge < -0.3 is 10.2 Å². The third-order valence-electron chi connectivity index (χ3n) is 3.47. The number of anilines is 2. The van der Waals surface area contributed by atoms with Gasteiger partial charge in [0.25, 0.3) is 11.7 Å². The molecule has 1 saturated heterocycles. The Labute approximate surface area is 124 Å². The largest absolute Gasteiger partial charge is 0.369 e. The minimum Gasteiger partial charge on any atom is -0.369 e. The Morgan fingerprint density at radius 3 is 2.45 bits per heavy atom. The number of nitrogens with one attached hydrogen (secondary N) is 1. The molecule has 0 aliphatic carbocycles. The first-order valence-corrected chi connectivity index (χ1v) is 8.63. The summed E-state index contributed by atoms with van der Waals surface area (Å²) in [6, 6.07) is 3.31. The predicted octanol–water partition coefficient (Wildman–Crippen LogP) is 0.819. The van der Waals surface area contributed by atoms with Crippen LogP contribution < -0.4 is 10.2 Å². The van der Waals surface area contributed by atoms with Crippen molar-refractivity contribution in [3.63, 3.8) is 0 Å². The van der Waals surface area contributed by atoms with Crippen molar-refractivity contribution >= 4 is 48.8 Å². The van der Waals surface area contributed by atoms with Crippen molar-refractivity contribution in [3.05, 3.63) is 22.2 Å². The number of halogens is 1. The van der Waals surface area contributed by atoms with Crippen LogP contribution in [-0.4, -0.2) is 44.7 Å². The lowest BCUT2D eigenvalue weighted by Gasteiger charge is -2.29. The van der Waals surface area contributed by atoms with Crippen LogP contribution in [0.2, 0.25) is 0 Å². The number of nitrogens with zero attached hydrogens (tertiary/aromatic N) is 1. The van der Waals surface area contributed by atoms with Gasteiger partial charge in [-0.25, -0.2) is 8.42 Å². The Bertz CT molecular complexity index is 715. The van der Waals surface area contributed by atoms with E-state index in [1.165, 1.54) is 0 Å². The first-order chi connectivity index (χ1) is 9.37. The average molecular weight is 359 g/mol. The second kappa shape index (κ2) is 4.56. The molecule has 0 unspecified atom stereocenters. The molecule has 20 heavy (non-hydrogen) atoms. The van der Waals surface area contributed by atoms with Crippen molar-refractivity contribution in [2.45, 2.75) is 0 Å². The van der Waals surface area contributed by atoms with Gasteiger partial charge in [0.05, 0.1) is 28.4 Å². The number of fused-ring (bicyclic) bond motifs is 1. The SMILES string of the molecule is O=C1Nc2cc(N3CCS(=O)(=O)CC3)c(Br)cc2C1=O. The maximum Gasteiger partial charge on any atom is 0.296 e. The molecule has 0 radical (unpaired) electrons. The van der Waals surface area contributed by atoms with E-state index >= 15 is 0 Å². The third-order valence-corrected chi connectivity index (χ3v) is 5.72. The van der Waals surface area contributed by atoms with E-state index < -0.39 is 21.5 Å². The number of benzene rings is 1. The van der Waals surface area contributed by atoms with Gasteiger partial charge in [0.1, 0.15) is 0 Å². The highest BCUT2D eigenvalue weighted by atomic mass is 79.9. The molecule has 0 spiro atoms. The number of amides is 1. The van der Waals surface area contributed by atoms with Crippen LogP contribution in [0, 0.1) is 0 Å². The van der Waals surface area contributed by atoms with Crippen molar-refractivity contribution in [1.82, 2.24) is 0 Å². The number of hydrogen-bond acceptors (Lipinski definition) is 5. The Hall–Kier alpha value is -1.41. The summed E-state index contributed by atoms with van der Waals surface area (Å²) in [4.78, 5) is 24.9. The Kier molecular flexibility index (Phi) is 3.09. The summed E-state index contributed by atoms with van der Waals surface area (Å²) in [5, 5.41) is 2.52. The van der Waals surface area contributed by atoms with E-state index in [2.05, 4.69) is 21.2 Å². The number of ketones is 1. The van der Waals surface area contributed by atoms with Crippen LogP contribution in [0.5, 0.6) is 0 Å². The molecule has 6 nitrogen and oxygen atoms in total. The quantitative estimate of drug-likeness (QED) is 0.751. The monoisotopic (exact) mass is 358 g/mol. The number of carbonyl (C=O) groups excluding carboxylic acids is 2. The fourth-order valence-electron chi connectivity index (χ4n) is 2.35. The van der Waals surface area contributed by atoms with E-state index in [0.29, 0.717) is 28.8 Å². The van der Waals surface area contributed by atoms with Gasteiger partial charge in [0.2, 0.25) is 0 Å². The van der Waals surface area contributed by atoms with Gasteiger partial charge in [-0.15, -0.1) is 0 Å². The molecule has 0 atom stereocenters. The van der Waals surface area contributed by atoms with Crippen LogP contribution >= 0.6 is 15.9 Å². The van der Waals surface area contributed by atoms with Crippen LogP contribution in [0.25, 0.3) is 0 Å².